The topological polar surface area (TPSA) is 95.9 Å². The fraction of sp³-hybridized carbons (Fsp3) is 0.417. The van der Waals surface area contributed by atoms with Gasteiger partial charge in [0.25, 0.3) is 0 Å². The molecule has 9 heteroatoms. The highest BCUT2D eigenvalue weighted by atomic mass is 79.9. The molecule has 1 aliphatic heterocycles. The Morgan fingerprint density at radius 3 is 2.86 bits per heavy atom. The highest BCUT2D eigenvalue weighted by Crippen LogP contribution is 2.31. The number of nitrogens with one attached hydrogen (secondary N) is 1. The van der Waals surface area contributed by atoms with Crippen molar-refractivity contribution in [1.82, 2.24) is 9.62 Å². The SMILES string of the molecule is COc1ccc(Br)cc1S(=O)(=O)N1CCNCC1C(=O)O. The molecule has 7 nitrogen and oxygen atoms in total. The fourth-order valence-electron chi connectivity index (χ4n) is 2.16. The van der Waals surface area contributed by atoms with E-state index in [2.05, 4.69) is 21.2 Å². The zero-order valence-electron chi connectivity index (χ0n) is 11.2. The van der Waals surface area contributed by atoms with Crippen LogP contribution in [0.5, 0.6) is 5.75 Å². The molecule has 1 unspecified atom stereocenters. The van der Waals surface area contributed by atoms with Crippen LogP contribution in [0.2, 0.25) is 0 Å². The van der Waals surface area contributed by atoms with E-state index in [-0.39, 0.29) is 23.7 Å². The molecule has 1 atom stereocenters. The van der Waals surface area contributed by atoms with Gasteiger partial charge in [-0.05, 0) is 18.2 Å². The number of hydrogen-bond donors (Lipinski definition) is 2. The number of benzene rings is 1. The molecule has 1 fully saturated rings. The summed E-state index contributed by atoms with van der Waals surface area (Å²) in [4.78, 5) is 11.2. The first-order valence-corrected chi connectivity index (χ1v) is 8.40. The van der Waals surface area contributed by atoms with Crippen LogP contribution in [0.25, 0.3) is 0 Å². The van der Waals surface area contributed by atoms with Crippen LogP contribution in [0.1, 0.15) is 0 Å². The molecule has 0 aliphatic carbocycles. The summed E-state index contributed by atoms with van der Waals surface area (Å²) >= 11 is 3.22. The summed E-state index contributed by atoms with van der Waals surface area (Å²) in [5.74, 6) is -0.999. The van der Waals surface area contributed by atoms with E-state index < -0.39 is 22.0 Å². The van der Waals surface area contributed by atoms with Crippen LogP contribution < -0.4 is 10.1 Å². The quantitative estimate of drug-likeness (QED) is 0.791. The normalized spacial score (nSPS) is 20.2. The van der Waals surface area contributed by atoms with E-state index in [1.807, 2.05) is 0 Å². The Morgan fingerprint density at radius 1 is 1.52 bits per heavy atom. The van der Waals surface area contributed by atoms with Gasteiger partial charge in [0.15, 0.2) is 0 Å². The van der Waals surface area contributed by atoms with Gasteiger partial charge in [-0.1, -0.05) is 15.9 Å². The van der Waals surface area contributed by atoms with Crippen LogP contribution in [-0.4, -0.2) is 56.6 Å². The Morgan fingerprint density at radius 2 is 2.24 bits per heavy atom. The van der Waals surface area contributed by atoms with Crippen molar-refractivity contribution in [2.75, 3.05) is 26.7 Å². The summed E-state index contributed by atoms with van der Waals surface area (Å²) in [5.41, 5.74) is 0. The zero-order chi connectivity index (χ0) is 15.6. The van der Waals surface area contributed by atoms with Crippen molar-refractivity contribution in [2.24, 2.45) is 0 Å². The summed E-state index contributed by atoms with van der Waals surface area (Å²) < 4.78 is 32.2. The fourth-order valence-corrected chi connectivity index (χ4v) is 4.44. The first kappa shape index (κ1) is 16.2. The average Bonchev–Trinajstić information content (AvgIpc) is 2.47. The van der Waals surface area contributed by atoms with Crippen LogP contribution in [0.3, 0.4) is 0 Å². The number of carboxylic acids is 1. The number of carbonyl (C=O) groups is 1. The molecule has 1 aromatic rings. The Bertz CT molecular complexity index is 649. The van der Waals surface area contributed by atoms with Gasteiger partial charge in [0.1, 0.15) is 16.7 Å². The summed E-state index contributed by atoms with van der Waals surface area (Å²) in [7, 11) is -2.59. The maximum Gasteiger partial charge on any atom is 0.323 e. The number of carboxylic acid groups (broad SMARTS) is 1. The number of ether oxygens (including phenoxy) is 1. The standard InChI is InChI=1S/C12H15BrN2O5S/c1-20-10-3-2-8(13)6-11(10)21(18,19)15-5-4-14-7-9(15)12(16)17/h2-3,6,9,14H,4-5,7H2,1H3,(H,16,17). The minimum Gasteiger partial charge on any atom is -0.495 e. The van der Waals surface area contributed by atoms with Crippen LogP contribution in [0, 0.1) is 0 Å². The maximum atomic E-state index is 12.8. The molecule has 1 heterocycles. The van der Waals surface area contributed by atoms with E-state index in [1.165, 1.54) is 19.2 Å². The summed E-state index contributed by atoms with van der Waals surface area (Å²) in [5, 5.41) is 12.1. The van der Waals surface area contributed by atoms with Gasteiger partial charge in [0.2, 0.25) is 10.0 Å². The number of aliphatic carboxylic acids is 1. The van der Waals surface area contributed by atoms with Gasteiger partial charge in [-0.15, -0.1) is 0 Å². The zero-order valence-corrected chi connectivity index (χ0v) is 13.6. The molecule has 1 aliphatic rings. The van der Waals surface area contributed by atoms with E-state index in [9.17, 15) is 18.3 Å². The highest BCUT2D eigenvalue weighted by molar-refractivity contribution is 9.10. The molecule has 1 aromatic carbocycles. The van der Waals surface area contributed by atoms with Gasteiger partial charge in [-0.2, -0.15) is 4.31 Å². The lowest BCUT2D eigenvalue weighted by molar-refractivity contribution is -0.141. The predicted octanol–water partition coefficient (Wildman–Crippen LogP) is 0.505. The molecule has 0 aromatic heterocycles. The summed E-state index contributed by atoms with van der Waals surface area (Å²) in [6.07, 6.45) is 0. The van der Waals surface area contributed by atoms with Crippen LogP contribution >= 0.6 is 15.9 Å². The van der Waals surface area contributed by atoms with Crippen molar-refractivity contribution in [3.63, 3.8) is 0 Å². The van der Waals surface area contributed by atoms with E-state index in [1.54, 1.807) is 6.07 Å². The Kier molecular flexibility index (Phi) is 4.87. The third kappa shape index (κ3) is 3.20. The van der Waals surface area contributed by atoms with Crippen molar-refractivity contribution >= 4 is 31.9 Å². The molecular weight excluding hydrogens is 364 g/mol. The number of rotatable bonds is 4. The van der Waals surface area contributed by atoms with Crippen molar-refractivity contribution in [2.45, 2.75) is 10.9 Å². The number of halogens is 1. The van der Waals surface area contributed by atoms with Gasteiger partial charge in [-0.3, -0.25) is 4.79 Å². The van der Waals surface area contributed by atoms with Crippen LogP contribution in [-0.2, 0) is 14.8 Å². The molecule has 1 saturated heterocycles. The molecule has 0 saturated carbocycles. The maximum absolute atomic E-state index is 12.8. The minimum atomic E-state index is -3.96. The first-order valence-electron chi connectivity index (χ1n) is 6.17. The van der Waals surface area contributed by atoms with E-state index in [0.29, 0.717) is 11.0 Å². The van der Waals surface area contributed by atoms with Crippen molar-refractivity contribution in [3.05, 3.63) is 22.7 Å². The average molecular weight is 379 g/mol. The lowest BCUT2D eigenvalue weighted by Crippen LogP contribution is -2.56. The van der Waals surface area contributed by atoms with E-state index in [4.69, 9.17) is 4.74 Å². The molecule has 2 rings (SSSR count). The monoisotopic (exact) mass is 378 g/mol. The Hall–Kier alpha value is -1.16. The molecule has 0 spiro atoms. The lowest BCUT2D eigenvalue weighted by atomic mass is 10.2. The number of piperazine rings is 1. The Balaban J connectivity index is 2.50. The minimum absolute atomic E-state index is 0.0486. The third-order valence-electron chi connectivity index (χ3n) is 3.19. The largest absolute Gasteiger partial charge is 0.495 e. The molecule has 21 heavy (non-hydrogen) atoms. The number of methoxy groups -OCH3 is 1. The summed E-state index contributed by atoms with van der Waals surface area (Å²) in [6, 6.07) is 3.46. The Labute approximate surface area is 131 Å². The van der Waals surface area contributed by atoms with Gasteiger partial charge in [0, 0.05) is 24.1 Å². The second kappa shape index (κ2) is 6.30. The molecule has 2 N–H and O–H groups in total. The highest BCUT2D eigenvalue weighted by Gasteiger charge is 2.39. The molecule has 0 bridgehead atoms. The number of hydrogen-bond acceptors (Lipinski definition) is 5. The molecule has 116 valence electrons. The number of nitrogens with zero attached hydrogens (tertiary/aromatic N) is 1. The first-order chi connectivity index (χ1) is 9.87. The van der Waals surface area contributed by atoms with Gasteiger partial charge in [0.05, 0.1) is 7.11 Å². The van der Waals surface area contributed by atoms with E-state index in [0.717, 1.165) is 4.31 Å². The van der Waals surface area contributed by atoms with Crippen molar-refractivity contribution in [3.8, 4) is 5.75 Å². The van der Waals surface area contributed by atoms with Gasteiger partial charge >= 0.3 is 5.97 Å². The lowest BCUT2D eigenvalue weighted by Gasteiger charge is -2.32. The van der Waals surface area contributed by atoms with Crippen LogP contribution in [0.15, 0.2) is 27.6 Å². The van der Waals surface area contributed by atoms with Crippen molar-refractivity contribution < 1.29 is 23.1 Å². The predicted molar refractivity (Wildman–Crippen MR) is 78.9 cm³/mol. The van der Waals surface area contributed by atoms with Crippen molar-refractivity contribution in [1.29, 1.82) is 0 Å². The second-order valence-electron chi connectivity index (χ2n) is 4.47. The smallest absolute Gasteiger partial charge is 0.323 e. The molecule has 0 radical (unpaired) electrons. The number of sulfonamides is 1. The van der Waals surface area contributed by atoms with Gasteiger partial charge in [-0.25, -0.2) is 8.42 Å². The van der Waals surface area contributed by atoms with Crippen LogP contribution in [0.4, 0.5) is 0 Å². The third-order valence-corrected chi connectivity index (χ3v) is 5.61. The second-order valence-corrected chi connectivity index (χ2v) is 7.24. The van der Waals surface area contributed by atoms with E-state index >= 15 is 0 Å². The molecular formula is C12H15BrN2O5S. The molecule has 0 amide bonds. The van der Waals surface area contributed by atoms with Gasteiger partial charge < -0.3 is 15.2 Å². The summed E-state index contributed by atoms with van der Waals surface area (Å²) in [6.45, 7) is 0.569.